The Morgan fingerprint density at radius 1 is 1.07 bits per heavy atom. The van der Waals surface area contributed by atoms with Crippen molar-refractivity contribution in [2.75, 3.05) is 36.5 Å². The first kappa shape index (κ1) is 27.3. The Hall–Kier alpha value is -4.26. The molecule has 2 N–H and O–H groups in total. The first-order chi connectivity index (χ1) is 21.5. The largest absolute Gasteiger partial charge is 0.392 e. The number of carbonyl (C=O) groups is 1. The van der Waals surface area contributed by atoms with Gasteiger partial charge in [-0.3, -0.25) is 24.1 Å². The zero-order valence-electron chi connectivity index (χ0n) is 24.8. The molecule has 0 aromatic carbocycles. The summed E-state index contributed by atoms with van der Waals surface area (Å²) < 4.78 is 11.1. The van der Waals surface area contributed by atoms with Crippen LogP contribution in [0, 0.1) is 0 Å². The summed E-state index contributed by atoms with van der Waals surface area (Å²) in [6, 6.07) is 8.11. The number of carbonyl (C=O) groups excluding carboxylic acids is 1. The van der Waals surface area contributed by atoms with Gasteiger partial charge in [0.25, 0.3) is 11.5 Å². The van der Waals surface area contributed by atoms with Crippen molar-refractivity contribution in [3.63, 3.8) is 0 Å². The molecule has 1 aliphatic carbocycles. The number of aryl methyl sites for hydroxylation is 2. The van der Waals surface area contributed by atoms with Crippen LogP contribution in [0.5, 0.6) is 0 Å². The summed E-state index contributed by atoms with van der Waals surface area (Å²) in [5.41, 5.74) is 6.54. The predicted molar refractivity (Wildman–Crippen MR) is 164 cm³/mol. The minimum atomic E-state index is -0.304. The first-order valence-corrected chi connectivity index (χ1v) is 15.5. The van der Waals surface area contributed by atoms with Crippen molar-refractivity contribution in [2.24, 2.45) is 7.05 Å². The Labute approximate surface area is 254 Å². The van der Waals surface area contributed by atoms with E-state index in [1.807, 2.05) is 22.9 Å². The van der Waals surface area contributed by atoms with E-state index in [0.29, 0.717) is 53.3 Å². The smallest absolute Gasteiger partial charge is 0.276 e. The van der Waals surface area contributed by atoms with Crippen LogP contribution in [0.25, 0.3) is 11.1 Å². The molecule has 4 aliphatic rings. The number of pyridine rings is 2. The van der Waals surface area contributed by atoms with Gasteiger partial charge >= 0.3 is 0 Å². The number of fused-ring (bicyclic) bond motifs is 4. The van der Waals surface area contributed by atoms with Crippen LogP contribution in [0.2, 0.25) is 0 Å². The molecular weight excluding hydrogens is 560 g/mol. The third-order valence-corrected chi connectivity index (χ3v) is 9.59. The number of aliphatic hydroxyl groups excluding tert-OH is 1. The highest BCUT2D eigenvalue weighted by atomic mass is 16.5. The molecule has 228 valence electrons. The second kappa shape index (κ2) is 10.7. The molecule has 12 heteroatoms. The van der Waals surface area contributed by atoms with Crippen molar-refractivity contribution in [1.82, 2.24) is 28.8 Å². The van der Waals surface area contributed by atoms with E-state index in [4.69, 9.17) is 9.84 Å². The van der Waals surface area contributed by atoms with Crippen LogP contribution in [0.4, 0.5) is 17.3 Å². The lowest BCUT2D eigenvalue weighted by Gasteiger charge is -2.39. The third-order valence-electron chi connectivity index (χ3n) is 9.59. The zero-order valence-corrected chi connectivity index (χ0v) is 24.8. The summed E-state index contributed by atoms with van der Waals surface area (Å²) in [5.74, 6) is 0.968. The normalized spacial score (nSPS) is 18.5. The van der Waals surface area contributed by atoms with Crippen molar-refractivity contribution in [3.05, 3.63) is 75.2 Å². The molecule has 4 aromatic heterocycles. The molecule has 0 unspecified atom stereocenters. The topological polar surface area (TPSA) is 123 Å². The Bertz CT molecular complexity index is 1830. The molecule has 4 aromatic rings. The van der Waals surface area contributed by atoms with Crippen LogP contribution >= 0.6 is 0 Å². The van der Waals surface area contributed by atoms with Gasteiger partial charge in [-0.25, -0.2) is 4.98 Å². The molecule has 0 spiro atoms. The van der Waals surface area contributed by atoms with Gasteiger partial charge in [-0.2, -0.15) is 5.10 Å². The number of anilines is 3. The summed E-state index contributed by atoms with van der Waals surface area (Å²) >= 11 is 0. The van der Waals surface area contributed by atoms with E-state index in [-0.39, 0.29) is 18.1 Å². The molecule has 7 heterocycles. The van der Waals surface area contributed by atoms with Gasteiger partial charge in [0.05, 0.1) is 38.1 Å². The lowest BCUT2D eigenvalue weighted by molar-refractivity contribution is -0.0735. The summed E-state index contributed by atoms with van der Waals surface area (Å²) in [6.07, 6.45) is 7.74. The van der Waals surface area contributed by atoms with Gasteiger partial charge in [0, 0.05) is 68.5 Å². The summed E-state index contributed by atoms with van der Waals surface area (Å²) in [4.78, 5) is 35.7. The van der Waals surface area contributed by atoms with Crippen molar-refractivity contribution >= 4 is 23.2 Å². The summed E-state index contributed by atoms with van der Waals surface area (Å²) in [7, 11) is 1.71. The number of aromatic nitrogens is 5. The van der Waals surface area contributed by atoms with Crippen LogP contribution in [-0.4, -0.2) is 72.2 Å². The minimum Gasteiger partial charge on any atom is -0.392 e. The number of hydrogen-bond acceptors (Lipinski definition) is 8. The molecule has 3 aliphatic heterocycles. The number of aliphatic hydroxyl groups is 1. The van der Waals surface area contributed by atoms with E-state index < -0.39 is 0 Å². The van der Waals surface area contributed by atoms with E-state index in [2.05, 4.69) is 19.8 Å². The number of rotatable bonds is 6. The predicted octanol–water partition coefficient (Wildman–Crippen LogP) is 2.43. The monoisotopic (exact) mass is 596 g/mol. The maximum absolute atomic E-state index is 13.8. The number of hydrogen-bond donors (Lipinski definition) is 2. The fourth-order valence-electron chi connectivity index (χ4n) is 7.16. The van der Waals surface area contributed by atoms with E-state index in [9.17, 15) is 14.7 Å². The fraction of sp³-hybridized carbons (Fsp3) is 0.438. The van der Waals surface area contributed by atoms with Gasteiger partial charge in [-0.1, -0.05) is 0 Å². The molecule has 1 fully saturated rings. The standard InChI is InChI=1S/C32H36N8O4/c1-36-15-21(12-26(31(36)42)34-29-14-22-16-37(23-18-44-19-23)8-11-40(22)35-29)24-6-7-33-30(25(24)17-41)39-10-9-38-27-5-3-2-4-20(27)13-28(38)32(39)43/h6-7,12-15,23,41H,2-5,8-11,16-19H2,1H3,(H,34,35). The molecule has 0 atom stereocenters. The van der Waals surface area contributed by atoms with Gasteiger partial charge in [0.1, 0.15) is 17.2 Å². The average Bonchev–Trinajstić information content (AvgIpc) is 3.59. The molecule has 0 saturated carbocycles. The second-order valence-electron chi connectivity index (χ2n) is 12.2. The highest BCUT2D eigenvalue weighted by molar-refractivity contribution is 6.06. The Balaban J connectivity index is 1.10. The van der Waals surface area contributed by atoms with Gasteiger partial charge in [0.15, 0.2) is 5.82 Å². The Kier molecular flexibility index (Phi) is 6.65. The minimum absolute atomic E-state index is 0.0973. The molecule has 1 amide bonds. The SMILES string of the molecule is Cn1cc(-c2ccnc(N3CCn4c(cc5c4CCCC5)C3=O)c2CO)cc(Nc2cc3n(n2)CCN(C2COC2)C3)c1=O. The maximum atomic E-state index is 13.8. The van der Waals surface area contributed by atoms with Crippen molar-refractivity contribution in [3.8, 4) is 11.1 Å². The molecular formula is C32H36N8O4. The maximum Gasteiger partial charge on any atom is 0.276 e. The number of nitrogens with one attached hydrogen (secondary N) is 1. The second-order valence-corrected chi connectivity index (χ2v) is 12.2. The van der Waals surface area contributed by atoms with E-state index in [1.54, 1.807) is 30.4 Å². The number of nitrogens with zero attached hydrogens (tertiary/aromatic N) is 7. The third kappa shape index (κ3) is 4.47. The zero-order chi connectivity index (χ0) is 29.9. The van der Waals surface area contributed by atoms with Crippen molar-refractivity contribution in [1.29, 1.82) is 0 Å². The first-order valence-electron chi connectivity index (χ1n) is 15.5. The van der Waals surface area contributed by atoms with Crippen LogP contribution in [0.1, 0.15) is 45.8 Å². The Morgan fingerprint density at radius 3 is 2.75 bits per heavy atom. The van der Waals surface area contributed by atoms with Crippen molar-refractivity contribution < 1.29 is 14.6 Å². The molecule has 12 nitrogen and oxygen atoms in total. The molecule has 1 saturated heterocycles. The quantitative estimate of drug-likeness (QED) is 0.348. The van der Waals surface area contributed by atoms with Gasteiger partial charge < -0.3 is 24.3 Å². The van der Waals surface area contributed by atoms with Crippen LogP contribution < -0.4 is 15.8 Å². The summed E-state index contributed by atoms with van der Waals surface area (Å²) in [6.45, 7) is 4.92. The van der Waals surface area contributed by atoms with Crippen LogP contribution in [0.15, 0.2) is 41.5 Å². The van der Waals surface area contributed by atoms with E-state index >= 15 is 0 Å². The van der Waals surface area contributed by atoms with Gasteiger partial charge in [0.2, 0.25) is 0 Å². The Morgan fingerprint density at radius 2 is 1.93 bits per heavy atom. The molecule has 8 rings (SSSR count). The summed E-state index contributed by atoms with van der Waals surface area (Å²) in [5, 5.41) is 18.6. The molecule has 44 heavy (non-hydrogen) atoms. The highest BCUT2D eigenvalue weighted by Crippen LogP contribution is 2.34. The van der Waals surface area contributed by atoms with E-state index in [0.717, 1.165) is 69.8 Å². The number of amides is 1. The van der Waals surface area contributed by atoms with Gasteiger partial charge in [-0.05, 0) is 55.0 Å². The fourth-order valence-corrected chi connectivity index (χ4v) is 7.16. The lowest BCUT2D eigenvalue weighted by atomic mass is 9.98. The van der Waals surface area contributed by atoms with Gasteiger partial charge in [-0.15, -0.1) is 0 Å². The average molecular weight is 597 g/mol. The van der Waals surface area contributed by atoms with Crippen LogP contribution in [0.3, 0.4) is 0 Å². The van der Waals surface area contributed by atoms with Crippen LogP contribution in [-0.2, 0) is 50.9 Å². The molecule has 0 bridgehead atoms. The lowest BCUT2D eigenvalue weighted by Crippen LogP contribution is -2.51. The van der Waals surface area contributed by atoms with Crippen molar-refractivity contribution in [2.45, 2.75) is 58.0 Å². The number of ether oxygens (including phenoxy) is 1. The molecule has 0 radical (unpaired) electrons. The van der Waals surface area contributed by atoms with E-state index in [1.165, 1.54) is 15.8 Å². The highest BCUT2D eigenvalue weighted by Gasteiger charge is 2.33.